The van der Waals surface area contributed by atoms with E-state index in [4.69, 9.17) is 16.3 Å². The molecule has 35 heavy (non-hydrogen) atoms. The van der Waals surface area contributed by atoms with Crippen LogP contribution in [0.3, 0.4) is 0 Å². The van der Waals surface area contributed by atoms with Crippen LogP contribution in [0.1, 0.15) is 0 Å². The normalized spacial score (nSPS) is 13.2. The van der Waals surface area contributed by atoms with Crippen molar-refractivity contribution in [2.75, 3.05) is 16.2 Å². The number of pyridine rings is 1. The summed E-state index contributed by atoms with van der Waals surface area (Å²) in [6.07, 6.45) is 1.50. The third kappa shape index (κ3) is 4.55. The maximum atomic E-state index is 13.2. The van der Waals surface area contributed by atoms with E-state index in [2.05, 4.69) is 9.71 Å². The van der Waals surface area contributed by atoms with Crippen LogP contribution in [0.5, 0.6) is 5.75 Å². The molecule has 0 fully saturated rings. The molecule has 0 saturated heterocycles. The van der Waals surface area contributed by atoms with Crippen LogP contribution in [0.2, 0.25) is 5.15 Å². The summed E-state index contributed by atoms with van der Waals surface area (Å²) in [5.41, 5.74) is 2.52. The Kier molecular flexibility index (Phi) is 5.88. The lowest BCUT2D eigenvalue weighted by atomic mass is 10.0. The van der Waals surface area contributed by atoms with Crippen LogP contribution < -0.4 is 14.4 Å². The molecule has 1 aliphatic rings. The average molecular weight is 510 g/mol. The topological polar surface area (TPSA) is 88.6 Å². The van der Waals surface area contributed by atoms with E-state index < -0.39 is 15.8 Å². The number of hydrogen-bond donors (Lipinski definition) is 1. The summed E-state index contributed by atoms with van der Waals surface area (Å²) in [6.45, 7) is -0.0843. The first-order valence-corrected chi connectivity index (χ1v) is 12.3. The fourth-order valence-electron chi connectivity index (χ4n) is 3.69. The molecule has 1 amide bonds. The summed E-state index contributed by atoms with van der Waals surface area (Å²) in [5.74, 6) is -0.232. The summed E-state index contributed by atoms with van der Waals surface area (Å²) < 4.78 is 46.7. The zero-order valence-corrected chi connectivity index (χ0v) is 19.6. The molecular formula is C25H17ClFN3O4S. The van der Waals surface area contributed by atoms with Crippen molar-refractivity contribution in [2.24, 2.45) is 0 Å². The molecule has 1 N–H and O–H groups in total. The van der Waals surface area contributed by atoms with Gasteiger partial charge in [0.05, 0.1) is 16.3 Å². The molecule has 2 heterocycles. The van der Waals surface area contributed by atoms with E-state index in [1.165, 1.54) is 12.3 Å². The van der Waals surface area contributed by atoms with E-state index in [1.54, 1.807) is 23.1 Å². The minimum Gasteiger partial charge on any atom is -0.482 e. The minimum absolute atomic E-state index is 0.0539. The second-order valence-electron chi connectivity index (χ2n) is 7.66. The van der Waals surface area contributed by atoms with Crippen molar-refractivity contribution in [3.8, 4) is 16.9 Å². The van der Waals surface area contributed by atoms with Crippen molar-refractivity contribution < 1.29 is 22.3 Å². The first-order chi connectivity index (χ1) is 16.8. The zero-order chi connectivity index (χ0) is 24.6. The van der Waals surface area contributed by atoms with Crippen LogP contribution in [-0.2, 0) is 14.8 Å². The Morgan fingerprint density at radius 1 is 0.971 bits per heavy atom. The van der Waals surface area contributed by atoms with Gasteiger partial charge in [-0.2, -0.15) is 0 Å². The highest BCUT2D eigenvalue weighted by Gasteiger charge is 2.27. The summed E-state index contributed by atoms with van der Waals surface area (Å²) in [4.78, 5) is 18.3. The number of nitrogens with one attached hydrogen (secondary N) is 1. The molecule has 0 saturated carbocycles. The lowest BCUT2D eigenvalue weighted by Gasteiger charge is -2.30. The predicted octanol–water partition coefficient (Wildman–Crippen LogP) is 5.40. The number of carbonyl (C=O) groups excluding carboxylic acids is 1. The molecule has 0 spiro atoms. The van der Waals surface area contributed by atoms with E-state index in [0.717, 1.165) is 24.3 Å². The molecule has 5 rings (SSSR count). The van der Waals surface area contributed by atoms with Gasteiger partial charge in [0.1, 0.15) is 11.6 Å². The van der Waals surface area contributed by atoms with E-state index in [-0.39, 0.29) is 28.3 Å². The smallest absolute Gasteiger partial charge is 0.269 e. The number of nitrogens with zero attached hydrogens (tertiary/aromatic N) is 2. The van der Waals surface area contributed by atoms with Crippen LogP contribution in [0.4, 0.5) is 21.5 Å². The summed E-state index contributed by atoms with van der Waals surface area (Å²) >= 11 is 6.17. The van der Waals surface area contributed by atoms with Crippen LogP contribution in [0, 0.1) is 5.82 Å². The fraction of sp³-hybridized carbons (Fsp3) is 0.0400. The van der Waals surface area contributed by atoms with Crippen LogP contribution in [0.15, 0.2) is 90.0 Å². The number of carbonyl (C=O) groups is 1. The van der Waals surface area contributed by atoms with Crippen molar-refractivity contribution in [3.63, 3.8) is 0 Å². The van der Waals surface area contributed by atoms with E-state index in [9.17, 15) is 17.6 Å². The number of benzene rings is 3. The van der Waals surface area contributed by atoms with E-state index >= 15 is 0 Å². The van der Waals surface area contributed by atoms with Gasteiger partial charge in [0, 0.05) is 17.4 Å². The molecule has 7 nitrogen and oxygen atoms in total. The summed E-state index contributed by atoms with van der Waals surface area (Å²) in [7, 11) is -4.03. The molecule has 1 aliphatic heterocycles. The molecular weight excluding hydrogens is 493 g/mol. The molecule has 0 atom stereocenters. The molecule has 4 aromatic rings. The average Bonchev–Trinajstić information content (AvgIpc) is 2.85. The van der Waals surface area contributed by atoms with Gasteiger partial charge >= 0.3 is 0 Å². The number of anilines is 3. The molecule has 10 heteroatoms. The SMILES string of the molecule is O=C1COc2ccc(-c3cnc(Cl)c(NS(=O)(=O)c4ccc(F)cc4)c3)cc2N1c1ccccc1. The lowest BCUT2D eigenvalue weighted by Crippen LogP contribution is -2.35. The van der Waals surface area contributed by atoms with E-state index in [0.29, 0.717) is 28.3 Å². The standard InChI is InChI=1S/C25H17ClFN3O4S/c26-25-21(29-35(32,33)20-9-7-18(27)8-10-20)12-17(14-28-25)16-6-11-23-22(13-16)30(24(31)15-34-23)19-4-2-1-3-5-19/h1-14,29H,15H2. The van der Waals surface area contributed by atoms with Crippen molar-refractivity contribution >= 4 is 44.6 Å². The van der Waals surface area contributed by atoms with Gasteiger partial charge in [-0.1, -0.05) is 35.9 Å². The van der Waals surface area contributed by atoms with Crippen molar-refractivity contribution in [2.45, 2.75) is 4.90 Å². The number of halogens is 2. The van der Waals surface area contributed by atoms with Crippen molar-refractivity contribution in [1.29, 1.82) is 0 Å². The second-order valence-corrected chi connectivity index (χ2v) is 9.70. The first-order valence-electron chi connectivity index (χ1n) is 10.4. The number of amides is 1. The fourth-order valence-corrected chi connectivity index (χ4v) is 4.95. The third-order valence-electron chi connectivity index (χ3n) is 5.36. The van der Waals surface area contributed by atoms with Gasteiger partial charge in [-0.25, -0.2) is 17.8 Å². The molecule has 0 aliphatic carbocycles. The van der Waals surface area contributed by atoms with Gasteiger partial charge in [0.15, 0.2) is 11.8 Å². The maximum Gasteiger partial charge on any atom is 0.269 e. The second kappa shape index (κ2) is 9.01. The van der Waals surface area contributed by atoms with Gasteiger partial charge in [-0.3, -0.25) is 14.4 Å². The highest BCUT2D eigenvalue weighted by molar-refractivity contribution is 7.92. The number of rotatable bonds is 5. The van der Waals surface area contributed by atoms with Gasteiger partial charge < -0.3 is 4.74 Å². The molecule has 0 radical (unpaired) electrons. The van der Waals surface area contributed by atoms with Gasteiger partial charge in [0.25, 0.3) is 15.9 Å². The Balaban J connectivity index is 1.52. The summed E-state index contributed by atoms with van der Waals surface area (Å²) in [5, 5.41) is -0.0539. The van der Waals surface area contributed by atoms with Crippen molar-refractivity contribution in [1.82, 2.24) is 4.98 Å². The quantitative estimate of drug-likeness (QED) is 0.364. The maximum absolute atomic E-state index is 13.2. The van der Waals surface area contributed by atoms with Crippen molar-refractivity contribution in [3.05, 3.63) is 96.0 Å². The van der Waals surface area contributed by atoms with Crippen LogP contribution in [-0.4, -0.2) is 25.9 Å². The van der Waals surface area contributed by atoms with E-state index in [1.807, 2.05) is 30.3 Å². The third-order valence-corrected chi connectivity index (χ3v) is 7.04. The number of para-hydroxylation sites is 1. The first kappa shape index (κ1) is 22.8. The molecule has 0 unspecified atom stereocenters. The Labute approximate surface area is 205 Å². The lowest BCUT2D eigenvalue weighted by molar-refractivity contribution is -0.120. The van der Waals surface area contributed by atoms with Gasteiger partial charge in [-0.15, -0.1) is 0 Å². The number of hydrogen-bond acceptors (Lipinski definition) is 5. The number of ether oxygens (including phenoxy) is 1. The highest BCUT2D eigenvalue weighted by atomic mass is 35.5. The molecule has 176 valence electrons. The van der Waals surface area contributed by atoms with Crippen LogP contribution in [0.25, 0.3) is 11.1 Å². The highest BCUT2D eigenvalue weighted by Crippen LogP contribution is 2.40. The van der Waals surface area contributed by atoms with Crippen LogP contribution >= 0.6 is 11.6 Å². The largest absolute Gasteiger partial charge is 0.482 e. The number of fused-ring (bicyclic) bond motifs is 1. The minimum atomic E-state index is -4.03. The molecule has 3 aromatic carbocycles. The monoisotopic (exact) mass is 509 g/mol. The Morgan fingerprint density at radius 2 is 1.71 bits per heavy atom. The molecule has 0 bridgehead atoms. The Morgan fingerprint density at radius 3 is 2.46 bits per heavy atom. The Bertz CT molecular complexity index is 1530. The molecule has 1 aromatic heterocycles. The number of sulfonamides is 1. The van der Waals surface area contributed by atoms with Gasteiger partial charge in [-0.05, 0) is 60.2 Å². The van der Waals surface area contributed by atoms with Gasteiger partial charge in [0.2, 0.25) is 0 Å². The number of aromatic nitrogens is 1. The predicted molar refractivity (Wildman–Crippen MR) is 131 cm³/mol. The Hall–Kier alpha value is -3.95. The summed E-state index contributed by atoms with van der Waals surface area (Å²) in [6, 6.07) is 20.4. The zero-order valence-electron chi connectivity index (χ0n) is 18.0.